The fourth-order valence-electron chi connectivity index (χ4n) is 3.24. The van der Waals surface area contributed by atoms with Gasteiger partial charge in [0.15, 0.2) is 4.77 Å². The second-order valence-corrected chi connectivity index (χ2v) is 6.96. The Labute approximate surface area is 123 Å². The van der Waals surface area contributed by atoms with E-state index in [4.69, 9.17) is 12.2 Å². The summed E-state index contributed by atoms with van der Waals surface area (Å²) in [6, 6.07) is 6.97. The van der Waals surface area contributed by atoms with Gasteiger partial charge in [0.1, 0.15) is 0 Å². The van der Waals surface area contributed by atoms with E-state index in [0.717, 1.165) is 10.0 Å². The van der Waals surface area contributed by atoms with Crippen LogP contribution in [0.1, 0.15) is 37.3 Å². The Bertz CT molecular complexity index is 633. The topological polar surface area (TPSA) is 20.7 Å². The molecule has 2 nitrogen and oxygen atoms in total. The third-order valence-electron chi connectivity index (χ3n) is 4.28. The van der Waals surface area contributed by atoms with Crippen molar-refractivity contribution < 1.29 is 0 Å². The minimum Gasteiger partial charge on any atom is -0.331 e. The lowest BCUT2D eigenvalue weighted by molar-refractivity contribution is 0.364. The highest BCUT2D eigenvalue weighted by molar-refractivity contribution is 7.99. The lowest BCUT2D eigenvalue weighted by Gasteiger charge is -2.29. The fourth-order valence-corrected chi connectivity index (χ4v) is 4.34. The lowest BCUT2D eigenvalue weighted by Crippen LogP contribution is -2.19. The number of aromatic nitrogens is 2. The van der Waals surface area contributed by atoms with Crippen molar-refractivity contribution in [1.82, 2.24) is 9.55 Å². The predicted molar refractivity (Wildman–Crippen MR) is 86.7 cm³/mol. The van der Waals surface area contributed by atoms with Crippen LogP contribution in [0.15, 0.2) is 18.2 Å². The van der Waals surface area contributed by atoms with E-state index >= 15 is 0 Å². The fraction of sp³-hybridized carbons (Fsp3) is 0.533. The zero-order valence-electron chi connectivity index (χ0n) is 11.5. The first kappa shape index (κ1) is 13.3. The third kappa shape index (κ3) is 2.36. The molecule has 1 aliphatic rings. The van der Waals surface area contributed by atoms with Gasteiger partial charge in [-0.15, -0.1) is 0 Å². The van der Waals surface area contributed by atoms with E-state index in [-0.39, 0.29) is 0 Å². The Morgan fingerprint density at radius 3 is 2.68 bits per heavy atom. The number of nitrogens with zero attached hydrogens (tertiary/aromatic N) is 1. The van der Waals surface area contributed by atoms with Gasteiger partial charge in [-0.2, -0.15) is 11.8 Å². The summed E-state index contributed by atoms with van der Waals surface area (Å²) in [5.74, 6) is 0. The first-order chi connectivity index (χ1) is 9.20. The highest BCUT2D eigenvalue weighted by atomic mass is 32.2. The number of aromatic amines is 1. The Kier molecular flexibility index (Phi) is 3.72. The van der Waals surface area contributed by atoms with Crippen molar-refractivity contribution in [1.29, 1.82) is 0 Å². The average molecular weight is 292 g/mol. The Morgan fingerprint density at radius 2 is 2.00 bits per heavy atom. The quantitative estimate of drug-likeness (QED) is 0.798. The van der Waals surface area contributed by atoms with E-state index in [9.17, 15) is 0 Å². The summed E-state index contributed by atoms with van der Waals surface area (Å²) < 4.78 is 3.26. The van der Waals surface area contributed by atoms with Gasteiger partial charge in [-0.1, -0.05) is 12.1 Å². The van der Waals surface area contributed by atoms with Crippen molar-refractivity contribution in [2.24, 2.45) is 0 Å². The van der Waals surface area contributed by atoms with Gasteiger partial charge in [-0.05, 0) is 62.7 Å². The molecular weight excluding hydrogens is 272 g/mol. The van der Waals surface area contributed by atoms with Crippen LogP contribution in [-0.4, -0.2) is 21.1 Å². The molecule has 1 aliphatic carbocycles. The molecule has 0 bridgehead atoms. The summed E-state index contributed by atoms with van der Waals surface area (Å²) in [4.78, 5) is 3.36. The zero-order valence-corrected chi connectivity index (χ0v) is 13.1. The van der Waals surface area contributed by atoms with E-state index in [1.165, 1.54) is 42.3 Å². The summed E-state index contributed by atoms with van der Waals surface area (Å²) in [5, 5.41) is 0.844. The van der Waals surface area contributed by atoms with Gasteiger partial charge in [0.25, 0.3) is 0 Å². The summed E-state index contributed by atoms with van der Waals surface area (Å²) in [5.41, 5.74) is 3.80. The maximum atomic E-state index is 5.55. The number of fused-ring (bicyclic) bond motifs is 1. The molecule has 3 rings (SSSR count). The van der Waals surface area contributed by atoms with Crippen LogP contribution in [0.25, 0.3) is 11.0 Å². The van der Waals surface area contributed by atoms with Crippen LogP contribution in [0, 0.1) is 11.7 Å². The predicted octanol–water partition coefficient (Wildman–Crippen LogP) is 4.85. The standard InChI is InChI=1S/C15H20N2S2/c1-10-4-3-5-13-14(10)17(15(18)16-13)11-6-8-12(19-2)9-7-11/h3-5,11-12H,6-9H2,1-2H3,(H,16,18). The minimum atomic E-state index is 0.575. The number of hydrogen-bond acceptors (Lipinski definition) is 2. The van der Waals surface area contributed by atoms with Crippen molar-refractivity contribution >= 4 is 35.0 Å². The molecule has 0 atom stereocenters. The van der Waals surface area contributed by atoms with Crippen LogP contribution in [-0.2, 0) is 0 Å². The number of nitrogens with one attached hydrogen (secondary N) is 1. The monoisotopic (exact) mass is 292 g/mol. The summed E-state index contributed by atoms with van der Waals surface area (Å²) in [6.45, 7) is 2.18. The number of para-hydroxylation sites is 1. The molecule has 0 saturated heterocycles. The summed E-state index contributed by atoms with van der Waals surface area (Å²) in [7, 11) is 0. The van der Waals surface area contributed by atoms with E-state index in [1.807, 2.05) is 11.8 Å². The van der Waals surface area contributed by atoms with Gasteiger partial charge in [-0.3, -0.25) is 0 Å². The highest BCUT2D eigenvalue weighted by Gasteiger charge is 2.23. The van der Waals surface area contributed by atoms with Gasteiger partial charge in [0.2, 0.25) is 0 Å². The molecule has 0 amide bonds. The number of rotatable bonds is 2. The first-order valence-electron chi connectivity index (χ1n) is 6.93. The van der Waals surface area contributed by atoms with Crippen LogP contribution < -0.4 is 0 Å². The SMILES string of the molecule is CSC1CCC(n2c(=S)[nH]c3cccc(C)c32)CC1. The number of benzene rings is 1. The number of H-pyrrole nitrogens is 1. The Morgan fingerprint density at radius 1 is 1.26 bits per heavy atom. The van der Waals surface area contributed by atoms with Gasteiger partial charge >= 0.3 is 0 Å². The maximum absolute atomic E-state index is 5.55. The number of hydrogen-bond donors (Lipinski definition) is 1. The minimum absolute atomic E-state index is 0.575. The second kappa shape index (κ2) is 5.33. The molecule has 4 heteroatoms. The molecule has 1 heterocycles. The molecule has 0 unspecified atom stereocenters. The Hall–Kier alpha value is -0.740. The average Bonchev–Trinajstić information content (AvgIpc) is 2.76. The molecule has 102 valence electrons. The molecule has 0 spiro atoms. The molecule has 2 aromatic rings. The molecule has 1 N–H and O–H groups in total. The second-order valence-electron chi connectivity index (χ2n) is 5.44. The normalized spacial score (nSPS) is 23.9. The van der Waals surface area contributed by atoms with Crippen molar-refractivity contribution in [2.45, 2.75) is 43.9 Å². The van der Waals surface area contributed by atoms with Crippen molar-refractivity contribution in [2.75, 3.05) is 6.26 Å². The van der Waals surface area contributed by atoms with Gasteiger partial charge < -0.3 is 9.55 Å². The number of thioether (sulfide) groups is 1. The van der Waals surface area contributed by atoms with Gasteiger partial charge in [-0.25, -0.2) is 0 Å². The van der Waals surface area contributed by atoms with Crippen LogP contribution in [0.5, 0.6) is 0 Å². The van der Waals surface area contributed by atoms with Crippen molar-refractivity contribution in [3.05, 3.63) is 28.5 Å². The Balaban J connectivity index is 2.01. The molecule has 0 aliphatic heterocycles. The van der Waals surface area contributed by atoms with E-state index in [2.05, 4.69) is 40.9 Å². The molecule has 19 heavy (non-hydrogen) atoms. The molecule has 0 radical (unpaired) electrons. The van der Waals surface area contributed by atoms with Crippen molar-refractivity contribution in [3.63, 3.8) is 0 Å². The maximum Gasteiger partial charge on any atom is 0.178 e. The lowest BCUT2D eigenvalue weighted by atomic mass is 9.94. The molecule has 1 fully saturated rings. The van der Waals surface area contributed by atoms with Crippen LogP contribution in [0.4, 0.5) is 0 Å². The van der Waals surface area contributed by atoms with E-state index < -0.39 is 0 Å². The van der Waals surface area contributed by atoms with Gasteiger partial charge in [0.05, 0.1) is 11.0 Å². The summed E-state index contributed by atoms with van der Waals surface area (Å²) in [6.07, 6.45) is 7.35. The summed E-state index contributed by atoms with van der Waals surface area (Å²) >= 11 is 7.57. The zero-order chi connectivity index (χ0) is 13.4. The molecule has 1 aromatic carbocycles. The van der Waals surface area contributed by atoms with E-state index in [0.29, 0.717) is 6.04 Å². The number of imidazole rings is 1. The van der Waals surface area contributed by atoms with Gasteiger partial charge in [0, 0.05) is 11.3 Å². The first-order valence-corrected chi connectivity index (χ1v) is 8.63. The smallest absolute Gasteiger partial charge is 0.178 e. The highest BCUT2D eigenvalue weighted by Crippen LogP contribution is 2.36. The molecular formula is C15H20N2S2. The van der Waals surface area contributed by atoms with Crippen LogP contribution in [0.3, 0.4) is 0 Å². The molecule has 1 saturated carbocycles. The molecule has 1 aromatic heterocycles. The third-order valence-corrected chi connectivity index (χ3v) is 5.72. The van der Waals surface area contributed by atoms with E-state index in [1.54, 1.807) is 0 Å². The number of aryl methyl sites for hydroxylation is 1. The van der Waals surface area contributed by atoms with Crippen LogP contribution >= 0.6 is 24.0 Å². The van der Waals surface area contributed by atoms with Crippen LogP contribution in [0.2, 0.25) is 0 Å². The van der Waals surface area contributed by atoms with Crippen molar-refractivity contribution in [3.8, 4) is 0 Å². The largest absolute Gasteiger partial charge is 0.331 e.